The fourth-order valence-electron chi connectivity index (χ4n) is 3.84. The van der Waals surface area contributed by atoms with Crippen molar-refractivity contribution in [2.24, 2.45) is 4.99 Å². The van der Waals surface area contributed by atoms with Crippen LogP contribution in [0.3, 0.4) is 0 Å². The zero-order valence-corrected chi connectivity index (χ0v) is 22.8. The molecule has 0 radical (unpaired) electrons. The number of rotatable bonds is 11. The lowest BCUT2D eigenvalue weighted by atomic mass is 10.1. The van der Waals surface area contributed by atoms with Crippen LogP contribution < -0.4 is 26.4 Å². The van der Waals surface area contributed by atoms with E-state index in [4.69, 9.17) is 35.5 Å². The molecule has 1 aliphatic heterocycles. The Hall–Kier alpha value is -4.83. The molecule has 2 aromatic rings. The van der Waals surface area contributed by atoms with Gasteiger partial charge in [0.1, 0.15) is 5.75 Å². The van der Waals surface area contributed by atoms with Crippen molar-refractivity contribution in [1.29, 1.82) is 5.26 Å². The highest BCUT2D eigenvalue weighted by molar-refractivity contribution is 6.27. The Bertz CT molecular complexity index is 1180. The van der Waals surface area contributed by atoms with E-state index in [9.17, 15) is 4.79 Å². The number of ether oxygens (including phenoxy) is 1. The number of nitrogens with two attached hydrogens (primary N) is 1. The number of carboxylic acid groups (broad SMARTS) is 2. The molecule has 41 heavy (non-hydrogen) atoms. The fourth-order valence-corrected chi connectivity index (χ4v) is 3.84. The Labute approximate surface area is 239 Å². The summed E-state index contributed by atoms with van der Waals surface area (Å²) in [6.45, 7) is 5.16. The summed E-state index contributed by atoms with van der Waals surface area (Å²) < 4.78 is 5.90. The molecule has 3 rings (SSSR count). The molecule has 13 heteroatoms. The Kier molecular flexibility index (Phi) is 14.6. The third-order valence-corrected chi connectivity index (χ3v) is 5.83. The molecule has 1 saturated heterocycles. The van der Waals surface area contributed by atoms with Gasteiger partial charge in [0, 0.05) is 43.9 Å². The maximum absolute atomic E-state index is 12.1. The highest BCUT2D eigenvalue weighted by Crippen LogP contribution is 2.17. The molecule has 220 valence electrons. The van der Waals surface area contributed by atoms with Crippen LogP contribution in [0.25, 0.3) is 0 Å². The van der Waals surface area contributed by atoms with E-state index in [0.29, 0.717) is 49.9 Å². The second kappa shape index (κ2) is 18.5. The van der Waals surface area contributed by atoms with Crippen LogP contribution in [0.15, 0.2) is 53.5 Å². The molecule has 0 aromatic heterocycles. The third-order valence-electron chi connectivity index (χ3n) is 5.83. The third kappa shape index (κ3) is 13.7. The highest BCUT2D eigenvalue weighted by Gasteiger charge is 2.11. The lowest BCUT2D eigenvalue weighted by molar-refractivity contribution is -0.159. The van der Waals surface area contributed by atoms with Crippen molar-refractivity contribution in [3.63, 3.8) is 0 Å². The lowest BCUT2D eigenvalue weighted by Gasteiger charge is -2.26. The number of likely N-dealkylation sites (tertiary alicyclic amines) is 1. The SMILES string of the molecule is N#CNC(=NCCCOc1cccc(CN2CCCCC2)c1)NCCNC(=O)c1ccc(N)cc1.O=C(O)C(=O)O. The molecule has 0 saturated carbocycles. The van der Waals surface area contributed by atoms with Gasteiger partial charge in [0.05, 0.1) is 6.61 Å². The van der Waals surface area contributed by atoms with Crippen molar-refractivity contribution in [3.8, 4) is 11.9 Å². The first-order valence-electron chi connectivity index (χ1n) is 13.3. The standard InChI is InChI=1S/C26H35N7O2.C2H2O4/c27-20-32-26(31-14-13-29-25(34)22-8-10-23(28)11-9-22)30-12-5-17-35-24-7-4-6-21(18-24)19-33-15-2-1-3-16-33;3-1(4)2(5)6/h4,6-11,18H,1-3,5,12-17,19,28H2,(H,29,34)(H2,30,31,32);(H,3,4)(H,5,6). The molecule has 1 heterocycles. The number of nitrogens with zero attached hydrogens (tertiary/aromatic N) is 3. The zero-order valence-electron chi connectivity index (χ0n) is 22.8. The smallest absolute Gasteiger partial charge is 0.414 e. The number of aliphatic carboxylic acids is 2. The van der Waals surface area contributed by atoms with Gasteiger partial charge in [-0.2, -0.15) is 5.26 Å². The highest BCUT2D eigenvalue weighted by atomic mass is 16.5. The number of carbonyl (C=O) groups excluding carboxylic acids is 1. The summed E-state index contributed by atoms with van der Waals surface area (Å²) in [6.07, 6.45) is 6.49. The van der Waals surface area contributed by atoms with Gasteiger partial charge in [0.2, 0.25) is 5.96 Å². The van der Waals surface area contributed by atoms with Crippen LogP contribution in [0.2, 0.25) is 0 Å². The van der Waals surface area contributed by atoms with Gasteiger partial charge in [-0.15, -0.1) is 0 Å². The van der Waals surface area contributed by atoms with Gasteiger partial charge < -0.3 is 31.3 Å². The van der Waals surface area contributed by atoms with E-state index in [-0.39, 0.29) is 5.91 Å². The van der Waals surface area contributed by atoms with Gasteiger partial charge in [0.15, 0.2) is 6.19 Å². The summed E-state index contributed by atoms with van der Waals surface area (Å²) in [5.74, 6) is -2.59. The van der Waals surface area contributed by atoms with Crippen LogP contribution in [-0.2, 0) is 16.1 Å². The van der Waals surface area contributed by atoms with Crippen LogP contribution in [0.1, 0.15) is 41.6 Å². The van der Waals surface area contributed by atoms with Crippen LogP contribution in [0.4, 0.5) is 5.69 Å². The van der Waals surface area contributed by atoms with E-state index >= 15 is 0 Å². The molecule has 13 nitrogen and oxygen atoms in total. The normalized spacial score (nSPS) is 13.1. The van der Waals surface area contributed by atoms with Gasteiger partial charge >= 0.3 is 11.9 Å². The minimum Gasteiger partial charge on any atom is -0.494 e. The average Bonchev–Trinajstić information content (AvgIpc) is 2.96. The number of nitriles is 1. The monoisotopic (exact) mass is 567 g/mol. The van der Waals surface area contributed by atoms with Crippen LogP contribution in [0.5, 0.6) is 5.75 Å². The molecule has 7 N–H and O–H groups in total. The van der Waals surface area contributed by atoms with E-state index in [1.807, 2.05) is 18.3 Å². The summed E-state index contributed by atoms with van der Waals surface area (Å²) in [5, 5.41) is 32.1. The van der Waals surface area contributed by atoms with Crippen LogP contribution in [-0.4, -0.2) is 78.2 Å². The number of nitrogen functional groups attached to an aromatic ring is 1. The van der Waals surface area contributed by atoms with Crippen LogP contribution in [0, 0.1) is 11.5 Å². The number of anilines is 1. The molecule has 1 fully saturated rings. The summed E-state index contributed by atoms with van der Waals surface area (Å²) in [4.78, 5) is 37.2. The van der Waals surface area contributed by atoms with E-state index in [1.165, 1.54) is 37.9 Å². The molecule has 0 bridgehead atoms. The molecule has 0 aliphatic carbocycles. The molecule has 0 atom stereocenters. The molecule has 0 unspecified atom stereocenters. The zero-order chi connectivity index (χ0) is 29.9. The number of amides is 1. The molecular weight excluding hydrogens is 530 g/mol. The number of nitrogens with one attached hydrogen (secondary N) is 3. The van der Waals surface area contributed by atoms with Gasteiger partial charge in [-0.1, -0.05) is 18.6 Å². The average molecular weight is 568 g/mol. The molecule has 1 aliphatic rings. The maximum Gasteiger partial charge on any atom is 0.414 e. The Morgan fingerprint density at radius 3 is 2.34 bits per heavy atom. The van der Waals surface area contributed by atoms with Gasteiger partial charge in [0.25, 0.3) is 5.91 Å². The quantitative estimate of drug-likeness (QED) is 0.0438. The summed E-state index contributed by atoms with van der Waals surface area (Å²) in [5.41, 5.74) is 8.06. The van der Waals surface area contributed by atoms with Crippen molar-refractivity contribution in [3.05, 3.63) is 59.7 Å². The number of carbonyl (C=O) groups is 3. The first kappa shape index (κ1) is 32.4. The number of guanidine groups is 1. The number of carboxylic acids is 2. The Balaban J connectivity index is 0.000000883. The molecule has 2 aromatic carbocycles. The van der Waals surface area contributed by atoms with Crippen molar-refractivity contribution in [2.75, 3.05) is 45.1 Å². The van der Waals surface area contributed by atoms with Crippen LogP contribution >= 0.6 is 0 Å². The van der Waals surface area contributed by atoms with Crippen molar-refractivity contribution < 1.29 is 29.3 Å². The van der Waals surface area contributed by atoms with E-state index in [0.717, 1.165) is 12.3 Å². The predicted octanol–water partition coefficient (Wildman–Crippen LogP) is 1.63. The van der Waals surface area contributed by atoms with Gasteiger partial charge in [-0.05, 0) is 67.9 Å². The summed E-state index contributed by atoms with van der Waals surface area (Å²) in [6, 6.07) is 15.0. The second-order valence-corrected chi connectivity index (χ2v) is 9.07. The lowest BCUT2D eigenvalue weighted by Crippen LogP contribution is -2.40. The molecule has 1 amide bonds. The minimum atomic E-state index is -1.82. The summed E-state index contributed by atoms with van der Waals surface area (Å²) >= 11 is 0. The predicted molar refractivity (Wildman–Crippen MR) is 153 cm³/mol. The molecular formula is C28H37N7O6. The second-order valence-electron chi connectivity index (χ2n) is 9.07. The van der Waals surface area contributed by atoms with Crippen molar-refractivity contribution in [2.45, 2.75) is 32.2 Å². The number of piperidine rings is 1. The van der Waals surface area contributed by atoms with E-state index in [2.05, 4.69) is 38.0 Å². The largest absolute Gasteiger partial charge is 0.494 e. The Morgan fingerprint density at radius 1 is 1.00 bits per heavy atom. The van der Waals surface area contributed by atoms with Gasteiger partial charge in [-0.3, -0.25) is 20.0 Å². The number of hydrogen-bond donors (Lipinski definition) is 6. The first-order chi connectivity index (χ1) is 19.8. The maximum atomic E-state index is 12.1. The topological polar surface area (TPSA) is 202 Å². The summed E-state index contributed by atoms with van der Waals surface area (Å²) in [7, 11) is 0. The van der Waals surface area contributed by atoms with Crippen molar-refractivity contribution >= 4 is 29.5 Å². The fraction of sp³-hybridized carbons (Fsp3) is 0.393. The van der Waals surface area contributed by atoms with Crippen molar-refractivity contribution in [1.82, 2.24) is 20.9 Å². The Morgan fingerprint density at radius 2 is 1.68 bits per heavy atom. The van der Waals surface area contributed by atoms with E-state index in [1.54, 1.807) is 24.3 Å². The first-order valence-corrected chi connectivity index (χ1v) is 13.3. The van der Waals surface area contributed by atoms with Gasteiger partial charge in [-0.25, -0.2) is 9.59 Å². The molecule has 0 spiro atoms. The number of aliphatic imine (C=N–C) groups is 1. The number of hydrogen-bond acceptors (Lipinski definition) is 8. The van der Waals surface area contributed by atoms with E-state index < -0.39 is 11.9 Å². The minimum absolute atomic E-state index is 0.185. The number of benzene rings is 2.